The first-order valence-electron chi connectivity index (χ1n) is 5.80. The molecule has 0 aliphatic rings. The van der Waals surface area contributed by atoms with Gasteiger partial charge in [0.2, 0.25) is 0 Å². The number of para-hydroxylation sites is 1. The number of benzene rings is 2. The van der Waals surface area contributed by atoms with Crippen LogP contribution in [0.1, 0.15) is 0 Å². The van der Waals surface area contributed by atoms with E-state index >= 15 is 0 Å². The maximum Gasteiger partial charge on any atom is 0.194 e. The molecule has 3 rings (SSSR count). The third-order valence-corrected chi connectivity index (χ3v) is 2.75. The Kier molecular flexibility index (Phi) is 2.84. The zero-order valence-corrected chi connectivity index (χ0v) is 9.76. The van der Waals surface area contributed by atoms with Gasteiger partial charge in [0.25, 0.3) is 0 Å². The van der Waals surface area contributed by atoms with Crippen molar-refractivity contribution in [2.75, 3.05) is 5.32 Å². The van der Waals surface area contributed by atoms with Crippen LogP contribution < -0.4 is 5.32 Å². The van der Waals surface area contributed by atoms with Crippen LogP contribution in [0.3, 0.4) is 0 Å². The van der Waals surface area contributed by atoms with E-state index in [1.54, 1.807) is 6.26 Å². The van der Waals surface area contributed by atoms with E-state index in [1.165, 1.54) is 5.56 Å². The van der Waals surface area contributed by atoms with Crippen LogP contribution in [0.5, 0.6) is 0 Å². The molecule has 0 aliphatic carbocycles. The van der Waals surface area contributed by atoms with Crippen LogP contribution in [-0.2, 0) is 0 Å². The lowest BCUT2D eigenvalue weighted by Crippen LogP contribution is -1.91. The van der Waals surface area contributed by atoms with Crippen LogP contribution in [0.4, 0.5) is 11.4 Å². The average Bonchev–Trinajstić information content (AvgIpc) is 2.93. The molecule has 1 radical (unpaired) electrons. The Morgan fingerprint density at radius 1 is 0.833 bits per heavy atom. The highest BCUT2D eigenvalue weighted by atomic mass is 16.3. The summed E-state index contributed by atoms with van der Waals surface area (Å²) >= 11 is 0. The fourth-order valence-electron chi connectivity index (χ4n) is 1.91. The summed E-state index contributed by atoms with van der Waals surface area (Å²) in [5.74, 6) is 0. The van der Waals surface area contributed by atoms with E-state index in [9.17, 15) is 0 Å². The van der Waals surface area contributed by atoms with Gasteiger partial charge in [-0.05, 0) is 11.6 Å². The van der Waals surface area contributed by atoms with Crippen molar-refractivity contribution < 1.29 is 4.42 Å². The predicted molar refractivity (Wildman–Crippen MR) is 72.7 cm³/mol. The lowest BCUT2D eigenvalue weighted by molar-refractivity contribution is 0.559. The molecule has 0 fully saturated rings. The second-order valence-corrected chi connectivity index (χ2v) is 3.97. The quantitative estimate of drug-likeness (QED) is 0.722. The first-order chi connectivity index (χ1) is 8.93. The summed E-state index contributed by atoms with van der Waals surface area (Å²) in [6, 6.07) is 20.3. The normalized spacial score (nSPS) is 10.2. The number of hydrogen-bond acceptors (Lipinski definition) is 2. The molecule has 0 amide bonds. The van der Waals surface area contributed by atoms with Crippen molar-refractivity contribution in [3.05, 3.63) is 73.2 Å². The van der Waals surface area contributed by atoms with Crippen molar-refractivity contribution in [1.82, 2.24) is 0 Å². The lowest BCUT2D eigenvalue weighted by Gasteiger charge is -2.10. The van der Waals surface area contributed by atoms with Crippen LogP contribution in [0, 0.1) is 6.26 Å². The van der Waals surface area contributed by atoms with E-state index < -0.39 is 0 Å². The van der Waals surface area contributed by atoms with Gasteiger partial charge < -0.3 is 9.73 Å². The minimum Gasteiger partial charge on any atom is -0.459 e. The van der Waals surface area contributed by atoms with Crippen LogP contribution in [0.25, 0.3) is 11.1 Å². The van der Waals surface area contributed by atoms with Crippen molar-refractivity contribution in [3.8, 4) is 11.1 Å². The number of anilines is 2. The topological polar surface area (TPSA) is 25.2 Å². The fourth-order valence-corrected chi connectivity index (χ4v) is 1.91. The smallest absolute Gasteiger partial charge is 0.194 e. The molecule has 0 unspecified atom stereocenters. The standard InChI is InChI=1S/C16H12NO/c1-2-6-13(7-3-1)15-8-4-5-9-16(15)17-14-10-11-18-12-14/h1-11,17H. The molecule has 3 aromatic rings. The third kappa shape index (κ3) is 2.13. The summed E-state index contributed by atoms with van der Waals surface area (Å²) < 4.78 is 4.94. The summed E-state index contributed by atoms with van der Waals surface area (Å²) in [6.07, 6.45) is 4.38. The summed E-state index contributed by atoms with van der Waals surface area (Å²) in [5.41, 5.74) is 4.22. The Morgan fingerprint density at radius 2 is 1.61 bits per heavy atom. The zero-order valence-electron chi connectivity index (χ0n) is 9.76. The Bertz CT molecular complexity index is 615. The number of hydrogen-bond donors (Lipinski definition) is 1. The van der Waals surface area contributed by atoms with Crippen molar-refractivity contribution >= 4 is 11.4 Å². The van der Waals surface area contributed by atoms with Gasteiger partial charge in [-0.3, -0.25) is 0 Å². The minimum absolute atomic E-state index is 0.832. The summed E-state index contributed by atoms with van der Waals surface area (Å²) in [6.45, 7) is 0. The van der Waals surface area contributed by atoms with Gasteiger partial charge in [0, 0.05) is 17.3 Å². The van der Waals surface area contributed by atoms with Crippen molar-refractivity contribution in [2.45, 2.75) is 0 Å². The maximum atomic E-state index is 4.94. The largest absolute Gasteiger partial charge is 0.459 e. The molecule has 0 aliphatic heterocycles. The van der Waals surface area contributed by atoms with Gasteiger partial charge in [0.1, 0.15) is 0 Å². The van der Waals surface area contributed by atoms with E-state index in [1.807, 2.05) is 42.5 Å². The zero-order chi connectivity index (χ0) is 12.2. The van der Waals surface area contributed by atoms with Gasteiger partial charge in [0.05, 0.1) is 12.0 Å². The molecule has 1 aromatic heterocycles. The highest BCUT2D eigenvalue weighted by Gasteiger charge is 2.04. The Hall–Kier alpha value is -2.48. The van der Waals surface area contributed by atoms with Gasteiger partial charge in [-0.25, -0.2) is 0 Å². The van der Waals surface area contributed by atoms with Crippen LogP contribution in [0.2, 0.25) is 0 Å². The van der Waals surface area contributed by atoms with E-state index in [0.717, 1.165) is 16.9 Å². The average molecular weight is 234 g/mol. The highest BCUT2D eigenvalue weighted by molar-refractivity contribution is 5.80. The molecular weight excluding hydrogens is 222 g/mol. The molecular formula is C16H12NO. The lowest BCUT2D eigenvalue weighted by atomic mass is 10.0. The van der Waals surface area contributed by atoms with Gasteiger partial charge >= 0.3 is 0 Å². The van der Waals surface area contributed by atoms with Crippen LogP contribution in [0.15, 0.2) is 71.3 Å². The molecule has 0 saturated heterocycles. The molecule has 0 bridgehead atoms. The van der Waals surface area contributed by atoms with Gasteiger partial charge in [-0.2, -0.15) is 0 Å². The highest BCUT2D eigenvalue weighted by Crippen LogP contribution is 2.29. The van der Waals surface area contributed by atoms with Crippen molar-refractivity contribution in [3.63, 3.8) is 0 Å². The molecule has 18 heavy (non-hydrogen) atoms. The van der Waals surface area contributed by atoms with Crippen LogP contribution >= 0.6 is 0 Å². The maximum absolute atomic E-state index is 4.94. The van der Waals surface area contributed by atoms with Crippen LogP contribution in [-0.4, -0.2) is 0 Å². The van der Waals surface area contributed by atoms with E-state index in [2.05, 4.69) is 29.8 Å². The predicted octanol–water partition coefficient (Wildman–Crippen LogP) is 4.49. The third-order valence-electron chi connectivity index (χ3n) is 2.75. The Labute approximate surface area is 106 Å². The molecule has 2 heteroatoms. The minimum atomic E-state index is 0.832. The first kappa shape index (κ1) is 10.7. The van der Waals surface area contributed by atoms with E-state index in [0.29, 0.717) is 0 Å². The second-order valence-electron chi connectivity index (χ2n) is 3.97. The Morgan fingerprint density at radius 3 is 2.39 bits per heavy atom. The molecule has 2 aromatic carbocycles. The monoisotopic (exact) mass is 234 g/mol. The second kappa shape index (κ2) is 4.80. The molecule has 0 saturated carbocycles. The molecule has 2 nitrogen and oxygen atoms in total. The molecule has 87 valence electrons. The van der Waals surface area contributed by atoms with E-state index in [-0.39, 0.29) is 0 Å². The van der Waals surface area contributed by atoms with Gasteiger partial charge in [-0.15, -0.1) is 0 Å². The van der Waals surface area contributed by atoms with E-state index in [4.69, 9.17) is 4.42 Å². The van der Waals surface area contributed by atoms with Crippen molar-refractivity contribution in [2.24, 2.45) is 0 Å². The number of furan rings is 1. The molecule has 0 spiro atoms. The first-order valence-corrected chi connectivity index (χ1v) is 5.80. The Balaban J connectivity index is 2.00. The van der Waals surface area contributed by atoms with Gasteiger partial charge in [0.15, 0.2) is 6.26 Å². The van der Waals surface area contributed by atoms with Gasteiger partial charge in [-0.1, -0.05) is 48.5 Å². The summed E-state index contributed by atoms with van der Waals surface area (Å²) in [7, 11) is 0. The molecule has 1 N–H and O–H groups in total. The number of rotatable bonds is 3. The molecule has 0 atom stereocenters. The SMILES string of the molecule is [c]1occc1Nc1ccccc1-c1ccccc1. The number of nitrogens with one attached hydrogen (secondary N) is 1. The fraction of sp³-hybridized carbons (Fsp3) is 0. The summed E-state index contributed by atoms with van der Waals surface area (Å²) in [4.78, 5) is 0. The molecule has 1 heterocycles. The van der Waals surface area contributed by atoms with Crippen molar-refractivity contribution in [1.29, 1.82) is 0 Å². The summed E-state index contributed by atoms with van der Waals surface area (Å²) in [5, 5.41) is 3.30.